The smallest absolute Gasteiger partial charge is 0.251 e. The predicted octanol–water partition coefficient (Wildman–Crippen LogP) is 2.50. The average molecular weight is 301 g/mol. The Hall–Kier alpha value is -1.10. The fraction of sp³-hybridized carbons (Fsp3) is 0.533. The van der Waals surface area contributed by atoms with Gasteiger partial charge in [0.2, 0.25) is 0 Å². The third-order valence-corrected chi connectivity index (χ3v) is 3.06. The Balaban J connectivity index is 0.00000361. The molecule has 1 rings (SSSR count). The maximum absolute atomic E-state index is 12.1. The van der Waals surface area contributed by atoms with Crippen LogP contribution >= 0.6 is 12.4 Å². The Kier molecular flexibility index (Phi) is 10.1. The molecule has 0 heterocycles. The molecule has 0 fully saturated rings. The zero-order valence-corrected chi connectivity index (χ0v) is 13.0. The van der Waals surface area contributed by atoms with Gasteiger partial charge in [-0.15, -0.1) is 12.4 Å². The van der Waals surface area contributed by atoms with Gasteiger partial charge >= 0.3 is 0 Å². The quantitative estimate of drug-likeness (QED) is 0.775. The fourth-order valence-corrected chi connectivity index (χ4v) is 1.91. The van der Waals surface area contributed by atoms with E-state index in [-0.39, 0.29) is 24.4 Å². The molecule has 5 heteroatoms. The van der Waals surface area contributed by atoms with E-state index in [1.165, 1.54) is 0 Å². The zero-order valence-electron chi connectivity index (χ0n) is 12.2. The molecule has 20 heavy (non-hydrogen) atoms. The molecular weight excluding hydrogens is 276 g/mol. The van der Waals surface area contributed by atoms with Crippen molar-refractivity contribution in [3.05, 3.63) is 35.4 Å². The number of benzene rings is 1. The minimum Gasteiger partial charge on any atom is -0.383 e. The Morgan fingerprint density at radius 2 is 2.00 bits per heavy atom. The van der Waals surface area contributed by atoms with Crippen LogP contribution in [0.1, 0.15) is 42.1 Å². The minimum atomic E-state index is -0.0540. The number of carbonyl (C=O) groups excluding carboxylic acids is 1. The molecule has 0 spiro atoms. The van der Waals surface area contributed by atoms with Crippen molar-refractivity contribution in [2.24, 2.45) is 5.73 Å². The van der Waals surface area contributed by atoms with Gasteiger partial charge in [0, 0.05) is 19.2 Å². The van der Waals surface area contributed by atoms with Crippen LogP contribution in [0.3, 0.4) is 0 Å². The molecule has 0 aliphatic rings. The number of halogens is 1. The van der Waals surface area contributed by atoms with E-state index >= 15 is 0 Å². The van der Waals surface area contributed by atoms with E-state index < -0.39 is 0 Å². The molecular formula is C15H25ClN2O2. The number of nitrogens with two attached hydrogens (primary N) is 1. The molecule has 114 valence electrons. The summed E-state index contributed by atoms with van der Waals surface area (Å²) in [7, 11) is 1.65. The third kappa shape index (κ3) is 6.37. The van der Waals surface area contributed by atoms with E-state index in [1.807, 2.05) is 12.1 Å². The van der Waals surface area contributed by atoms with Crippen LogP contribution in [0.2, 0.25) is 0 Å². The van der Waals surface area contributed by atoms with Crippen molar-refractivity contribution in [3.63, 3.8) is 0 Å². The second kappa shape index (κ2) is 10.7. The van der Waals surface area contributed by atoms with Gasteiger partial charge in [-0.1, -0.05) is 31.9 Å². The van der Waals surface area contributed by atoms with Crippen molar-refractivity contribution < 1.29 is 9.53 Å². The van der Waals surface area contributed by atoms with Gasteiger partial charge in [0.05, 0.1) is 12.6 Å². The zero-order chi connectivity index (χ0) is 14.1. The summed E-state index contributed by atoms with van der Waals surface area (Å²) in [6, 6.07) is 7.45. The SMILES string of the molecule is CCCCC(COC)NC(=O)c1ccc(CN)cc1.Cl. The lowest BCUT2D eigenvalue weighted by Crippen LogP contribution is -2.38. The summed E-state index contributed by atoms with van der Waals surface area (Å²) in [5.74, 6) is -0.0540. The Labute approximate surface area is 127 Å². The molecule has 0 radical (unpaired) electrons. The van der Waals surface area contributed by atoms with Crippen molar-refractivity contribution in [2.75, 3.05) is 13.7 Å². The molecule has 0 saturated carbocycles. The summed E-state index contributed by atoms with van der Waals surface area (Å²) in [6.45, 7) is 3.18. The highest BCUT2D eigenvalue weighted by Crippen LogP contribution is 2.06. The molecule has 1 aromatic rings. The first kappa shape index (κ1) is 18.9. The summed E-state index contributed by atoms with van der Waals surface area (Å²) >= 11 is 0. The highest BCUT2D eigenvalue weighted by atomic mass is 35.5. The van der Waals surface area contributed by atoms with Crippen molar-refractivity contribution in [1.29, 1.82) is 0 Å². The molecule has 1 amide bonds. The van der Waals surface area contributed by atoms with Crippen LogP contribution in [0.5, 0.6) is 0 Å². The van der Waals surface area contributed by atoms with Crippen LogP contribution in [0.4, 0.5) is 0 Å². The van der Waals surface area contributed by atoms with Crippen molar-refractivity contribution in [3.8, 4) is 0 Å². The lowest BCUT2D eigenvalue weighted by molar-refractivity contribution is 0.0890. The third-order valence-electron chi connectivity index (χ3n) is 3.06. The van der Waals surface area contributed by atoms with E-state index in [1.54, 1.807) is 19.2 Å². The fourth-order valence-electron chi connectivity index (χ4n) is 1.91. The Morgan fingerprint density at radius 1 is 1.35 bits per heavy atom. The van der Waals surface area contributed by atoms with E-state index in [2.05, 4.69) is 12.2 Å². The number of unbranched alkanes of at least 4 members (excludes halogenated alkanes) is 1. The number of methoxy groups -OCH3 is 1. The summed E-state index contributed by atoms with van der Waals surface area (Å²) in [5, 5.41) is 3.01. The summed E-state index contributed by atoms with van der Waals surface area (Å²) < 4.78 is 5.14. The molecule has 4 nitrogen and oxygen atoms in total. The summed E-state index contributed by atoms with van der Waals surface area (Å²) in [5.41, 5.74) is 7.22. The minimum absolute atomic E-state index is 0. The number of amides is 1. The lowest BCUT2D eigenvalue weighted by atomic mass is 10.1. The number of rotatable bonds is 8. The van der Waals surface area contributed by atoms with E-state index in [4.69, 9.17) is 10.5 Å². The molecule has 0 aliphatic carbocycles. The molecule has 0 aliphatic heterocycles. The van der Waals surface area contributed by atoms with Crippen molar-refractivity contribution >= 4 is 18.3 Å². The number of carbonyl (C=O) groups is 1. The molecule has 1 aromatic carbocycles. The maximum Gasteiger partial charge on any atom is 0.251 e. The molecule has 0 aromatic heterocycles. The predicted molar refractivity (Wildman–Crippen MR) is 84.2 cm³/mol. The van der Waals surface area contributed by atoms with Crippen LogP contribution in [-0.4, -0.2) is 25.7 Å². The molecule has 3 N–H and O–H groups in total. The molecule has 1 atom stereocenters. The second-order valence-corrected chi connectivity index (χ2v) is 4.67. The van der Waals surface area contributed by atoms with Crippen molar-refractivity contribution in [2.45, 2.75) is 38.8 Å². The number of hydrogen-bond acceptors (Lipinski definition) is 3. The lowest BCUT2D eigenvalue weighted by Gasteiger charge is -2.17. The summed E-state index contributed by atoms with van der Waals surface area (Å²) in [4.78, 5) is 12.1. The Morgan fingerprint density at radius 3 is 2.50 bits per heavy atom. The first-order chi connectivity index (χ1) is 9.21. The van der Waals surface area contributed by atoms with Gasteiger partial charge in [0.25, 0.3) is 5.91 Å². The molecule has 0 saturated heterocycles. The van der Waals surface area contributed by atoms with E-state index in [9.17, 15) is 4.79 Å². The number of ether oxygens (including phenoxy) is 1. The van der Waals surface area contributed by atoms with Crippen molar-refractivity contribution in [1.82, 2.24) is 5.32 Å². The highest BCUT2D eigenvalue weighted by molar-refractivity contribution is 5.94. The summed E-state index contributed by atoms with van der Waals surface area (Å²) in [6.07, 6.45) is 3.14. The standard InChI is InChI=1S/C15H24N2O2.ClH/c1-3-4-5-14(11-19-2)17-15(18)13-8-6-12(10-16)7-9-13;/h6-9,14H,3-5,10-11,16H2,1-2H3,(H,17,18);1H. The van der Waals surface area contributed by atoms with Gasteiger partial charge in [0.15, 0.2) is 0 Å². The van der Waals surface area contributed by atoms with E-state index in [0.717, 1.165) is 24.8 Å². The van der Waals surface area contributed by atoms with Gasteiger partial charge in [-0.05, 0) is 24.1 Å². The normalized spacial score (nSPS) is 11.6. The van der Waals surface area contributed by atoms with Crippen LogP contribution in [0.25, 0.3) is 0 Å². The first-order valence-electron chi connectivity index (χ1n) is 6.80. The Bertz CT molecular complexity index is 382. The first-order valence-corrected chi connectivity index (χ1v) is 6.80. The van der Waals surface area contributed by atoms with Gasteiger partial charge in [0.1, 0.15) is 0 Å². The monoisotopic (exact) mass is 300 g/mol. The average Bonchev–Trinajstić information content (AvgIpc) is 2.45. The molecule has 0 bridgehead atoms. The van der Waals surface area contributed by atoms with Gasteiger partial charge in [-0.3, -0.25) is 4.79 Å². The second-order valence-electron chi connectivity index (χ2n) is 4.67. The van der Waals surface area contributed by atoms with Crippen LogP contribution in [0, 0.1) is 0 Å². The van der Waals surface area contributed by atoms with Crippen LogP contribution < -0.4 is 11.1 Å². The largest absolute Gasteiger partial charge is 0.383 e. The van der Waals surface area contributed by atoms with Crippen LogP contribution in [0.15, 0.2) is 24.3 Å². The number of nitrogens with one attached hydrogen (secondary N) is 1. The number of hydrogen-bond donors (Lipinski definition) is 2. The van der Waals surface area contributed by atoms with Gasteiger partial charge < -0.3 is 15.8 Å². The van der Waals surface area contributed by atoms with E-state index in [0.29, 0.717) is 18.7 Å². The maximum atomic E-state index is 12.1. The highest BCUT2D eigenvalue weighted by Gasteiger charge is 2.13. The topological polar surface area (TPSA) is 64.3 Å². The van der Waals surface area contributed by atoms with Crippen LogP contribution in [-0.2, 0) is 11.3 Å². The van der Waals surface area contributed by atoms with Gasteiger partial charge in [-0.25, -0.2) is 0 Å². The molecule has 1 unspecified atom stereocenters. The van der Waals surface area contributed by atoms with Gasteiger partial charge in [-0.2, -0.15) is 0 Å².